The fourth-order valence-electron chi connectivity index (χ4n) is 1.78. The van der Waals surface area contributed by atoms with Gasteiger partial charge < -0.3 is 5.21 Å². The predicted molar refractivity (Wildman–Crippen MR) is 60.8 cm³/mol. The molecule has 0 fully saturated rings. The minimum absolute atomic E-state index is 0.233. The van der Waals surface area contributed by atoms with Crippen molar-refractivity contribution in [1.29, 1.82) is 0 Å². The molecular formula is C11H8N4O2. The van der Waals surface area contributed by atoms with Crippen molar-refractivity contribution < 1.29 is 5.21 Å². The first-order valence-corrected chi connectivity index (χ1v) is 4.96. The normalized spacial score (nSPS) is 10.8. The molecule has 0 aliphatic rings. The van der Waals surface area contributed by atoms with Gasteiger partial charge in [0.25, 0.3) is 5.56 Å². The van der Waals surface area contributed by atoms with Crippen molar-refractivity contribution in [3.8, 4) is 11.1 Å². The Labute approximate surface area is 95.1 Å². The molecule has 3 rings (SSSR count). The highest BCUT2D eigenvalue weighted by Gasteiger charge is 2.10. The molecule has 0 aromatic carbocycles. The number of rotatable bonds is 1. The van der Waals surface area contributed by atoms with Crippen LogP contribution in [0.15, 0.2) is 41.6 Å². The van der Waals surface area contributed by atoms with Crippen molar-refractivity contribution in [2.24, 2.45) is 0 Å². The van der Waals surface area contributed by atoms with E-state index in [9.17, 15) is 10.0 Å². The minimum atomic E-state index is -0.521. The lowest BCUT2D eigenvalue weighted by molar-refractivity contribution is 0.187. The fraction of sp³-hybridized carbons (Fsp3) is 0. The van der Waals surface area contributed by atoms with Gasteiger partial charge in [-0.3, -0.25) is 9.89 Å². The summed E-state index contributed by atoms with van der Waals surface area (Å²) in [7, 11) is 0. The molecule has 0 unspecified atom stereocenters. The monoisotopic (exact) mass is 228 g/mol. The molecule has 0 amide bonds. The molecule has 0 bridgehead atoms. The van der Waals surface area contributed by atoms with E-state index in [0.717, 1.165) is 5.56 Å². The molecule has 6 heteroatoms. The molecular weight excluding hydrogens is 220 g/mol. The third-order valence-corrected chi connectivity index (χ3v) is 2.56. The summed E-state index contributed by atoms with van der Waals surface area (Å²) in [4.78, 5) is 15.6. The predicted octanol–water partition coefficient (Wildman–Crippen LogP) is 1.02. The summed E-state index contributed by atoms with van der Waals surface area (Å²) >= 11 is 0. The Balaban J connectivity index is 2.48. The number of fused-ring (bicyclic) bond motifs is 1. The van der Waals surface area contributed by atoms with Crippen LogP contribution >= 0.6 is 0 Å². The zero-order valence-corrected chi connectivity index (χ0v) is 8.66. The zero-order chi connectivity index (χ0) is 11.8. The molecule has 0 atom stereocenters. The Morgan fingerprint density at radius 2 is 2.29 bits per heavy atom. The van der Waals surface area contributed by atoms with E-state index in [4.69, 9.17) is 0 Å². The first kappa shape index (κ1) is 9.59. The number of nitrogens with one attached hydrogen (secondary N) is 1. The quantitative estimate of drug-likeness (QED) is 0.609. The number of aromatic amines is 1. The largest absolute Gasteiger partial charge is 0.423 e. The Morgan fingerprint density at radius 1 is 1.41 bits per heavy atom. The van der Waals surface area contributed by atoms with Crippen molar-refractivity contribution in [2.75, 3.05) is 0 Å². The Morgan fingerprint density at radius 3 is 3.06 bits per heavy atom. The van der Waals surface area contributed by atoms with Crippen molar-refractivity contribution in [3.63, 3.8) is 0 Å². The van der Waals surface area contributed by atoms with Crippen LogP contribution in [0.3, 0.4) is 0 Å². The van der Waals surface area contributed by atoms with Gasteiger partial charge in [0, 0.05) is 35.0 Å². The maximum atomic E-state index is 11.6. The average Bonchev–Trinajstić information content (AvgIpc) is 2.87. The SMILES string of the molecule is O=c1cc(-c2cn[nH]c2)c2cccnc2n1O. The Bertz CT molecular complexity index is 731. The second kappa shape index (κ2) is 3.44. The number of nitrogens with zero attached hydrogens (tertiary/aromatic N) is 3. The first-order valence-electron chi connectivity index (χ1n) is 4.96. The van der Waals surface area contributed by atoms with Crippen molar-refractivity contribution in [3.05, 3.63) is 47.1 Å². The molecule has 0 spiro atoms. The zero-order valence-electron chi connectivity index (χ0n) is 8.66. The van der Waals surface area contributed by atoms with E-state index < -0.39 is 5.56 Å². The average molecular weight is 228 g/mol. The Kier molecular flexibility index (Phi) is 1.94. The summed E-state index contributed by atoms with van der Waals surface area (Å²) in [5.74, 6) is 0. The summed E-state index contributed by atoms with van der Waals surface area (Å²) in [6, 6.07) is 4.89. The number of hydrogen-bond acceptors (Lipinski definition) is 4. The van der Waals surface area contributed by atoms with E-state index in [0.29, 0.717) is 15.7 Å². The number of aromatic nitrogens is 4. The third kappa shape index (κ3) is 1.38. The van der Waals surface area contributed by atoms with Gasteiger partial charge in [-0.2, -0.15) is 5.10 Å². The van der Waals surface area contributed by atoms with Crippen LogP contribution in [0, 0.1) is 0 Å². The summed E-state index contributed by atoms with van der Waals surface area (Å²) in [6.07, 6.45) is 4.82. The molecule has 84 valence electrons. The number of pyridine rings is 2. The number of hydrogen-bond donors (Lipinski definition) is 2. The molecule has 6 nitrogen and oxygen atoms in total. The van der Waals surface area contributed by atoms with Crippen LogP contribution < -0.4 is 5.56 Å². The van der Waals surface area contributed by atoms with Gasteiger partial charge in [0.1, 0.15) is 0 Å². The van der Waals surface area contributed by atoms with Gasteiger partial charge >= 0.3 is 0 Å². The van der Waals surface area contributed by atoms with Gasteiger partial charge in [-0.05, 0) is 12.1 Å². The lowest BCUT2D eigenvalue weighted by Gasteiger charge is -2.05. The molecule has 3 aromatic heterocycles. The van der Waals surface area contributed by atoms with Gasteiger partial charge in [-0.1, -0.05) is 0 Å². The lowest BCUT2D eigenvalue weighted by Crippen LogP contribution is -2.18. The fourth-order valence-corrected chi connectivity index (χ4v) is 1.78. The Hall–Kier alpha value is -2.63. The van der Waals surface area contributed by atoms with Crippen LogP contribution in [0.2, 0.25) is 0 Å². The van der Waals surface area contributed by atoms with E-state index in [2.05, 4.69) is 15.2 Å². The van der Waals surface area contributed by atoms with Crippen LogP contribution in [-0.4, -0.2) is 25.1 Å². The molecule has 3 heterocycles. The van der Waals surface area contributed by atoms with Crippen LogP contribution in [0.1, 0.15) is 0 Å². The van der Waals surface area contributed by atoms with Gasteiger partial charge in [0.2, 0.25) is 0 Å². The second-order valence-corrected chi connectivity index (χ2v) is 3.57. The van der Waals surface area contributed by atoms with Crippen molar-refractivity contribution in [2.45, 2.75) is 0 Å². The molecule has 2 N–H and O–H groups in total. The topological polar surface area (TPSA) is 83.8 Å². The van der Waals surface area contributed by atoms with Crippen molar-refractivity contribution in [1.82, 2.24) is 19.9 Å². The number of H-pyrrole nitrogens is 1. The van der Waals surface area contributed by atoms with Crippen LogP contribution in [0.4, 0.5) is 0 Å². The van der Waals surface area contributed by atoms with Gasteiger partial charge in [-0.25, -0.2) is 4.98 Å². The first-order chi connectivity index (χ1) is 8.27. The molecule has 3 aromatic rings. The van der Waals surface area contributed by atoms with E-state index in [-0.39, 0.29) is 5.65 Å². The van der Waals surface area contributed by atoms with Gasteiger partial charge in [0.05, 0.1) is 6.20 Å². The van der Waals surface area contributed by atoms with Crippen molar-refractivity contribution >= 4 is 11.0 Å². The summed E-state index contributed by atoms with van der Waals surface area (Å²) in [5, 5.41) is 16.8. The van der Waals surface area contributed by atoms with Gasteiger partial charge in [0.15, 0.2) is 5.65 Å². The molecule has 0 saturated carbocycles. The lowest BCUT2D eigenvalue weighted by atomic mass is 10.1. The van der Waals surface area contributed by atoms with E-state index in [1.165, 1.54) is 12.3 Å². The summed E-state index contributed by atoms with van der Waals surface area (Å²) in [5.41, 5.74) is 1.18. The van der Waals surface area contributed by atoms with Crippen LogP contribution in [0.5, 0.6) is 0 Å². The van der Waals surface area contributed by atoms with Crippen LogP contribution in [-0.2, 0) is 0 Å². The third-order valence-electron chi connectivity index (χ3n) is 2.56. The molecule has 0 radical (unpaired) electrons. The smallest absolute Gasteiger partial charge is 0.285 e. The highest BCUT2D eigenvalue weighted by molar-refractivity contribution is 5.92. The maximum Gasteiger partial charge on any atom is 0.285 e. The standard InChI is InChI=1S/C11H8N4O2/c16-10-4-9(7-5-13-14-6-7)8-2-1-3-12-11(8)15(10)17/h1-6,17H,(H,13,14). The van der Waals surface area contributed by atoms with E-state index in [1.807, 2.05) is 0 Å². The molecule has 0 aliphatic heterocycles. The highest BCUT2D eigenvalue weighted by atomic mass is 16.5. The second-order valence-electron chi connectivity index (χ2n) is 3.57. The molecule has 0 saturated heterocycles. The van der Waals surface area contributed by atoms with E-state index in [1.54, 1.807) is 24.5 Å². The highest BCUT2D eigenvalue weighted by Crippen LogP contribution is 2.24. The summed E-state index contributed by atoms with van der Waals surface area (Å²) in [6.45, 7) is 0. The van der Waals surface area contributed by atoms with E-state index >= 15 is 0 Å². The minimum Gasteiger partial charge on any atom is -0.423 e. The summed E-state index contributed by atoms with van der Waals surface area (Å²) < 4.78 is 0.541. The molecule has 17 heavy (non-hydrogen) atoms. The maximum absolute atomic E-state index is 11.6. The van der Waals surface area contributed by atoms with Gasteiger partial charge in [-0.15, -0.1) is 4.73 Å². The van der Waals surface area contributed by atoms with Crippen LogP contribution in [0.25, 0.3) is 22.2 Å². The molecule has 0 aliphatic carbocycles.